The molecule has 3 fully saturated rings. The van der Waals surface area contributed by atoms with E-state index in [2.05, 4.69) is 9.97 Å². The van der Waals surface area contributed by atoms with Gasteiger partial charge in [-0.3, -0.25) is 4.79 Å². The second-order valence-electron chi connectivity index (χ2n) is 7.12. The summed E-state index contributed by atoms with van der Waals surface area (Å²) in [4.78, 5) is 22.7. The van der Waals surface area contributed by atoms with Gasteiger partial charge in [0, 0.05) is 19.4 Å². The molecule has 3 heterocycles. The topological polar surface area (TPSA) is 64.6 Å². The SMILES string of the molecule is O=C(c1ccncn1)N1C[C@@H](OCC2CCCC2)[C@@H]2OCCC[C@@H]21. The summed E-state index contributed by atoms with van der Waals surface area (Å²) < 4.78 is 12.2. The molecule has 1 saturated carbocycles. The van der Waals surface area contributed by atoms with Crippen LogP contribution in [0.25, 0.3) is 0 Å². The zero-order valence-electron chi connectivity index (χ0n) is 14.0. The standard InChI is InChI=1S/C18H25N3O3/c22-18(14-7-8-19-12-20-14)21-10-16(17-15(21)6-3-9-23-17)24-11-13-4-1-2-5-13/h7-8,12-13,15-17H,1-6,9-11H2/t15-,16+,17+/m0/s1. The molecule has 130 valence electrons. The molecule has 1 aliphatic carbocycles. The molecule has 6 heteroatoms. The van der Waals surface area contributed by atoms with E-state index in [1.54, 1.807) is 12.3 Å². The van der Waals surface area contributed by atoms with Gasteiger partial charge in [0.1, 0.15) is 24.2 Å². The molecule has 0 N–H and O–H groups in total. The highest BCUT2D eigenvalue weighted by molar-refractivity contribution is 5.92. The van der Waals surface area contributed by atoms with E-state index in [9.17, 15) is 4.79 Å². The van der Waals surface area contributed by atoms with E-state index < -0.39 is 0 Å². The number of fused-ring (bicyclic) bond motifs is 1. The van der Waals surface area contributed by atoms with E-state index in [4.69, 9.17) is 9.47 Å². The first-order chi connectivity index (χ1) is 11.8. The van der Waals surface area contributed by atoms with Crippen LogP contribution in [0.15, 0.2) is 18.6 Å². The first-order valence-corrected chi connectivity index (χ1v) is 9.13. The Morgan fingerprint density at radius 1 is 1.29 bits per heavy atom. The summed E-state index contributed by atoms with van der Waals surface area (Å²) in [5.74, 6) is 0.642. The molecule has 0 aromatic carbocycles. The molecule has 3 atom stereocenters. The Hall–Kier alpha value is -1.53. The van der Waals surface area contributed by atoms with Crippen LogP contribution in [0, 0.1) is 5.92 Å². The third-order valence-corrected chi connectivity index (χ3v) is 5.56. The lowest BCUT2D eigenvalue weighted by Crippen LogP contribution is -2.44. The van der Waals surface area contributed by atoms with Crippen LogP contribution in [-0.4, -0.2) is 58.8 Å². The first kappa shape index (κ1) is 16.0. The van der Waals surface area contributed by atoms with Gasteiger partial charge in [0.05, 0.1) is 12.6 Å². The van der Waals surface area contributed by atoms with E-state index in [0.717, 1.165) is 26.1 Å². The number of hydrogen-bond acceptors (Lipinski definition) is 5. The number of carbonyl (C=O) groups is 1. The number of hydrogen-bond donors (Lipinski definition) is 0. The minimum atomic E-state index is -0.0372. The lowest BCUT2D eigenvalue weighted by atomic mass is 10.0. The molecule has 0 bridgehead atoms. The lowest BCUT2D eigenvalue weighted by Gasteiger charge is -2.32. The minimum Gasteiger partial charge on any atom is -0.373 e. The zero-order valence-corrected chi connectivity index (χ0v) is 14.0. The van der Waals surface area contributed by atoms with Gasteiger partial charge in [-0.1, -0.05) is 12.8 Å². The van der Waals surface area contributed by atoms with Gasteiger partial charge in [0.15, 0.2) is 0 Å². The van der Waals surface area contributed by atoms with Crippen molar-refractivity contribution in [2.45, 2.75) is 56.8 Å². The van der Waals surface area contributed by atoms with Crippen molar-refractivity contribution in [3.8, 4) is 0 Å². The lowest BCUT2D eigenvalue weighted by molar-refractivity contribution is -0.0821. The van der Waals surface area contributed by atoms with Crippen LogP contribution in [0.3, 0.4) is 0 Å². The fourth-order valence-electron chi connectivity index (χ4n) is 4.29. The maximum absolute atomic E-state index is 12.8. The molecule has 2 saturated heterocycles. The number of amides is 1. The van der Waals surface area contributed by atoms with Crippen molar-refractivity contribution in [3.63, 3.8) is 0 Å². The monoisotopic (exact) mass is 331 g/mol. The predicted molar refractivity (Wildman–Crippen MR) is 87.5 cm³/mol. The van der Waals surface area contributed by atoms with Gasteiger partial charge in [-0.2, -0.15) is 0 Å². The van der Waals surface area contributed by atoms with E-state index in [0.29, 0.717) is 18.2 Å². The molecule has 4 rings (SSSR count). The average molecular weight is 331 g/mol. The van der Waals surface area contributed by atoms with Crippen LogP contribution in [0.2, 0.25) is 0 Å². The van der Waals surface area contributed by atoms with Crippen molar-refractivity contribution in [1.82, 2.24) is 14.9 Å². The summed E-state index contributed by atoms with van der Waals surface area (Å²) in [5, 5.41) is 0. The van der Waals surface area contributed by atoms with Crippen molar-refractivity contribution in [3.05, 3.63) is 24.3 Å². The van der Waals surface area contributed by atoms with Gasteiger partial charge in [-0.25, -0.2) is 9.97 Å². The number of carbonyl (C=O) groups excluding carboxylic acids is 1. The second-order valence-corrected chi connectivity index (χ2v) is 7.12. The fourth-order valence-corrected chi connectivity index (χ4v) is 4.29. The summed E-state index contributed by atoms with van der Waals surface area (Å²) in [6, 6.07) is 1.78. The maximum Gasteiger partial charge on any atom is 0.273 e. The molecule has 1 amide bonds. The zero-order chi connectivity index (χ0) is 16.4. The van der Waals surface area contributed by atoms with Crippen LogP contribution in [0.1, 0.15) is 49.0 Å². The number of likely N-dealkylation sites (tertiary alicyclic amines) is 1. The molecule has 6 nitrogen and oxygen atoms in total. The molecule has 0 unspecified atom stereocenters. The van der Waals surface area contributed by atoms with Crippen molar-refractivity contribution < 1.29 is 14.3 Å². The van der Waals surface area contributed by atoms with Crippen LogP contribution < -0.4 is 0 Å². The van der Waals surface area contributed by atoms with Gasteiger partial charge in [-0.15, -0.1) is 0 Å². The summed E-state index contributed by atoms with van der Waals surface area (Å²) in [7, 11) is 0. The predicted octanol–water partition coefficient (Wildman–Crippen LogP) is 2.06. The third-order valence-electron chi connectivity index (χ3n) is 5.56. The van der Waals surface area contributed by atoms with Gasteiger partial charge in [0.25, 0.3) is 5.91 Å². The highest BCUT2D eigenvalue weighted by Gasteiger charge is 2.47. The average Bonchev–Trinajstić information content (AvgIpc) is 3.28. The summed E-state index contributed by atoms with van der Waals surface area (Å²) >= 11 is 0. The second kappa shape index (κ2) is 7.15. The molecule has 0 radical (unpaired) electrons. The fraction of sp³-hybridized carbons (Fsp3) is 0.722. The Balaban J connectivity index is 1.45. The van der Waals surface area contributed by atoms with Crippen molar-refractivity contribution >= 4 is 5.91 Å². The van der Waals surface area contributed by atoms with Crippen molar-refractivity contribution in [2.75, 3.05) is 19.8 Å². The number of ether oxygens (including phenoxy) is 2. The normalized spacial score (nSPS) is 30.5. The largest absolute Gasteiger partial charge is 0.373 e. The molecule has 0 spiro atoms. The summed E-state index contributed by atoms with van der Waals surface area (Å²) in [6.45, 7) is 2.16. The minimum absolute atomic E-state index is 0.00550. The smallest absolute Gasteiger partial charge is 0.273 e. The molecular formula is C18H25N3O3. The first-order valence-electron chi connectivity index (χ1n) is 9.13. The third kappa shape index (κ3) is 3.17. The Kier molecular flexibility index (Phi) is 4.76. The van der Waals surface area contributed by atoms with Gasteiger partial charge < -0.3 is 14.4 Å². The van der Waals surface area contributed by atoms with Crippen LogP contribution in [0.4, 0.5) is 0 Å². The number of rotatable bonds is 4. The summed E-state index contributed by atoms with van der Waals surface area (Å²) in [6.07, 6.45) is 10.2. The van der Waals surface area contributed by atoms with E-state index in [-0.39, 0.29) is 24.2 Å². The number of aromatic nitrogens is 2. The summed E-state index contributed by atoms with van der Waals surface area (Å²) in [5.41, 5.74) is 0.450. The Morgan fingerprint density at radius 2 is 2.17 bits per heavy atom. The quantitative estimate of drug-likeness (QED) is 0.845. The molecule has 1 aromatic heterocycles. The number of nitrogens with zero attached hydrogens (tertiary/aromatic N) is 3. The molecule has 1 aromatic rings. The Bertz CT molecular complexity index is 562. The van der Waals surface area contributed by atoms with E-state index in [1.165, 1.54) is 32.0 Å². The van der Waals surface area contributed by atoms with Crippen LogP contribution >= 0.6 is 0 Å². The van der Waals surface area contributed by atoms with Crippen LogP contribution in [0.5, 0.6) is 0 Å². The highest BCUT2D eigenvalue weighted by atomic mass is 16.5. The molecular weight excluding hydrogens is 306 g/mol. The Morgan fingerprint density at radius 3 is 2.96 bits per heavy atom. The van der Waals surface area contributed by atoms with Gasteiger partial charge in [0.2, 0.25) is 0 Å². The van der Waals surface area contributed by atoms with E-state index >= 15 is 0 Å². The van der Waals surface area contributed by atoms with Gasteiger partial charge in [-0.05, 0) is 37.7 Å². The van der Waals surface area contributed by atoms with Crippen LogP contribution in [-0.2, 0) is 9.47 Å². The van der Waals surface area contributed by atoms with Crippen molar-refractivity contribution in [2.24, 2.45) is 5.92 Å². The highest BCUT2D eigenvalue weighted by Crippen LogP contribution is 2.33. The molecule has 3 aliphatic rings. The van der Waals surface area contributed by atoms with E-state index in [1.807, 2.05) is 4.90 Å². The molecule has 2 aliphatic heterocycles. The Labute approximate surface area is 142 Å². The van der Waals surface area contributed by atoms with Gasteiger partial charge >= 0.3 is 0 Å². The maximum atomic E-state index is 12.8. The van der Waals surface area contributed by atoms with Crippen molar-refractivity contribution in [1.29, 1.82) is 0 Å². The molecule has 24 heavy (non-hydrogen) atoms.